The first-order valence-electron chi connectivity index (χ1n) is 12.5. The Kier molecular flexibility index (Phi) is 7.13. The van der Waals surface area contributed by atoms with Crippen LogP contribution in [0, 0.1) is 6.92 Å². The molecular formula is C31H26N2O5S. The summed E-state index contributed by atoms with van der Waals surface area (Å²) in [6.45, 7) is 5.24. The maximum atomic E-state index is 14.0. The number of aryl methyl sites for hydroxylation is 1. The van der Waals surface area contributed by atoms with Crippen LogP contribution in [-0.4, -0.2) is 33.9 Å². The minimum Gasteiger partial charge on any atom is -0.503 e. The zero-order chi connectivity index (χ0) is 27.7. The summed E-state index contributed by atoms with van der Waals surface area (Å²) in [4.78, 5) is 46.4. The van der Waals surface area contributed by atoms with E-state index in [9.17, 15) is 19.5 Å². The molecule has 1 unspecified atom stereocenters. The third-order valence-corrected chi connectivity index (χ3v) is 7.50. The van der Waals surface area contributed by atoms with Gasteiger partial charge in [0.15, 0.2) is 5.76 Å². The number of aromatic nitrogens is 1. The molecule has 1 aliphatic heterocycles. The van der Waals surface area contributed by atoms with E-state index in [-0.39, 0.29) is 17.2 Å². The van der Waals surface area contributed by atoms with Gasteiger partial charge in [0.05, 0.1) is 33.9 Å². The van der Waals surface area contributed by atoms with Crippen molar-refractivity contribution < 1.29 is 24.2 Å². The average Bonchev–Trinajstić information content (AvgIpc) is 3.46. The second-order valence-electron chi connectivity index (χ2n) is 9.38. The molecule has 1 amide bonds. The first-order valence-corrected chi connectivity index (χ1v) is 13.3. The monoisotopic (exact) mass is 538 g/mol. The number of ether oxygens (including phenoxy) is 1. The number of esters is 1. The Hall–Kier alpha value is -4.56. The molecule has 8 heteroatoms. The molecule has 39 heavy (non-hydrogen) atoms. The number of carbonyl (C=O) groups is 3. The number of rotatable bonds is 7. The van der Waals surface area contributed by atoms with Gasteiger partial charge in [-0.2, -0.15) is 0 Å². The molecule has 1 atom stereocenters. The number of aliphatic hydroxyl groups excluding tert-OH is 1. The van der Waals surface area contributed by atoms with Gasteiger partial charge in [-0.1, -0.05) is 66.7 Å². The lowest BCUT2D eigenvalue weighted by atomic mass is 9.94. The van der Waals surface area contributed by atoms with Crippen LogP contribution in [0.25, 0.3) is 10.6 Å². The highest BCUT2D eigenvalue weighted by molar-refractivity contribution is 7.17. The van der Waals surface area contributed by atoms with Gasteiger partial charge in [0.1, 0.15) is 5.01 Å². The van der Waals surface area contributed by atoms with Gasteiger partial charge in [0.25, 0.3) is 5.91 Å². The molecule has 2 heterocycles. The van der Waals surface area contributed by atoms with Crippen molar-refractivity contribution in [3.8, 4) is 10.6 Å². The molecule has 196 valence electrons. The van der Waals surface area contributed by atoms with E-state index in [0.29, 0.717) is 26.8 Å². The van der Waals surface area contributed by atoms with Crippen molar-refractivity contribution in [2.24, 2.45) is 0 Å². The highest BCUT2D eigenvalue weighted by Gasteiger charge is 2.45. The molecule has 0 aliphatic carbocycles. The molecule has 0 bridgehead atoms. The highest BCUT2D eigenvalue weighted by atomic mass is 32.1. The Labute approximate surface area is 230 Å². The van der Waals surface area contributed by atoms with Gasteiger partial charge in [-0.15, -0.1) is 11.3 Å². The van der Waals surface area contributed by atoms with Crippen molar-refractivity contribution >= 4 is 34.7 Å². The van der Waals surface area contributed by atoms with Crippen molar-refractivity contribution in [2.75, 3.05) is 4.90 Å². The summed E-state index contributed by atoms with van der Waals surface area (Å²) >= 11 is 1.22. The molecule has 1 N–H and O–H groups in total. The summed E-state index contributed by atoms with van der Waals surface area (Å²) < 4.78 is 5.32. The number of ketones is 1. The van der Waals surface area contributed by atoms with Gasteiger partial charge in [-0.3, -0.25) is 14.5 Å². The van der Waals surface area contributed by atoms with Gasteiger partial charge in [-0.05, 0) is 44.5 Å². The lowest BCUT2D eigenvalue weighted by Crippen LogP contribution is -2.31. The number of benzene rings is 3. The number of amides is 1. The summed E-state index contributed by atoms with van der Waals surface area (Å²) in [5.41, 5.74) is 2.60. The number of Topliss-reactive ketones (excluding diaryl/α,β-unsaturated/α-hetero) is 1. The van der Waals surface area contributed by atoms with Crippen LogP contribution in [0.4, 0.5) is 5.69 Å². The van der Waals surface area contributed by atoms with Crippen LogP contribution in [0.3, 0.4) is 0 Å². The van der Waals surface area contributed by atoms with Gasteiger partial charge in [-0.25, -0.2) is 9.78 Å². The molecule has 1 aliphatic rings. The number of thiazole rings is 1. The number of aliphatic hydroxyl groups is 1. The van der Waals surface area contributed by atoms with Crippen LogP contribution in [0.5, 0.6) is 0 Å². The minimum absolute atomic E-state index is 0.0345. The Morgan fingerprint density at radius 3 is 2.31 bits per heavy atom. The number of carbonyl (C=O) groups excluding carboxylic acids is 3. The smallest absolute Gasteiger partial charge is 0.338 e. The predicted octanol–water partition coefficient (Wildman–Crippen LogP) is 6.47. The van der Waals surface area contributed by atoms with Crippen LogP contribution in [0.15, 0.2) is 96.3 Å². The van der Waals surface area contributed by atoms with E-state index in [1.165, 1.54) is 22.3 Å². The van der Waals surface area contributed by atoms with Crippen molar-refractivity contribution in [2.45, 2.75) is 32.9 Å². The number of anilines is 1. The quantitative estimate of drug-likeness (QED) is 0.214. The van der Waals surface area contributed by atoms with E-state index in [4.69, 9.17) is 4.74 Å². The van der Waals surface area contributed by atoms with Gasteiger partial charge >= 0.3 is 5.97 Å². The van der Waals surface area contributed by atoms with Crippen LogP contribution in [0.2, 0.25) is 0 Å². The van der Waals surface area contributed by atoms with E-state index in [1.54, 1.807) is 63.2 Å². The molecule has 0 radical (unpaired) electrons. The number of nitrogens with zero attached hydrogens (tertiary/aromatic N) is 2. The Bertz CT molecular complexity index is 1590. The van der Waals surface area contributed by atoms with E-state index in [2.05, 4.69) is 4.98 Å². The molecule has 4 aromatic rings. The second kappa shape index (κ2) is 10.7. The molecule has 0 fully saturated rings. The van der Waals surface area contributed by atoms with E-state index in [0.717, 1.165) is 5.56 Å². The summed E-state index contributed by atoms with van der Waals surface area (Å²) in [6.07, 6.45) is -0.315. The Morgan fingerprint density at radius 2 is 1.64 bits per heavy atom. The van der Waals surface area contributed by atoms with Crippen LogP contribution in [-0.2, 0) is 9.53 Å². The van der Waals surface area contributed by atoms with Crippen molar-refractivity contribution in [3.05, 3.63) is 118 Å². The zero-order valence-electron chi connectivity index (χ0n) is 21.6. The lowest BCUT2D eigenvalue weighted by Gasteiger charge is -2.27. The normalized spacial score (nSPS) is 15.2. The Balaban J connectivity index is 1.59. The fraction of sp³-hybridized carbons (Fsp3) is 0.161. The lowest BCUT2D eigenvalue weighted by molar-refractivity contribution is -0.117. The molecular weight excluding hydrogens is 512 g/mol. The van der Waals surface area contributed by atoms with E-state index in [1.807, 2.05) is 36.4 Å². The van der Waals surface area contributed by atoms with E-state index >= 15 is 0 Å². The first kappa shape index (κ1) is 26.1. The fourth-order valence-corrected chi connectivity index (χ4v) is 5.58. The summed E-state index contributed by atoms with van der Waals surface area (Å²) in [7, 11) is 0. The summed E-state index contributed by atoms with van der Waals surface area (Å²) in [5, 5.41) is 11.8. The fourth-order valence-electron chi connectivity index (χ4n) is 4.55. The SMILES string of the molecule is Cc1nc(-c2ccccc2)sc1C(=O)C1=C(O)C(=O)N(c2cccc(C(=O)OC(C)C)c2)C1c1ccccc1. The molecule has 7 nitrogen and oxygen atoms in total. The topological polar surface area (TPSA) is 96.8 Å². The van der Waals surface area contributed by atoms with Crippen molar-refractivity contribution in [3.63, 3.8) is 0 Å². The number of hydrogen-bond donors (Lipinski definition) is 1. The first-order chi connectivity index (χ1) is 18.8. The molecule has 0 spiro atoms. The third kappa shape index (κ3) is 4.98. The summed E-state index contributed by atoms with van der Waals surface area (Å²) in [6, 6.07) is 24.0. The second-order valence-corrected chi connectivity index (χ2v) is 10.4. The van der Waals surface area contributed by atoms with Gasteiger partial charge < -0.3 is 9.84 Å². The van der Waals surface area contributed by atoms with Crippen molar-refractivity contribution in [1.29, 1.82) is 0 Å². The van der Waals surface area contributed by atoms with Gasteiger partial charge in [0.2, 0.25) is 5.78 Å². The average molecular weight is 539 g/mol. The largest absolute Gasteiger partial charge is 0.503 e. The zero-order valence-corrected chi connectivity index (χ0v) is 22.4. The Morgan fingerprint density at radius 1 is 0.974 bits per heavy atom. The maximum absolute atomic E-state index is 14.0. The standard InChI is InChI=1S/C31H26N2O5S/c1-18(2)38-31(37)22-15-10-16-23(17-22)33-25(20-11-6-4-7-12-20)24(27(35)30(33)36)26(34)28-19(3)32-29(39-28)21-13-8-5-9-14-21/h4-18,25,35H,1-3H3. The number of hydrogen-bond acceptors (Lipinski definition) is 7. The summed E-state index contributed by atoms with van der Waals surface area (Å²) in [5.74, 6) is -2.35. The molecule has 3 aromatic carbocycles. The molecule has 0 saturated carbocycles. The highest BCUT2D eigenvalue weighted by Crippen LogP contribution is 2.43. The maximum Gasteiger partial charge on any atom is 0.338 e. The van der Waals surface area contributed by atoms with Crippen LogP contribution in [0.1, 0.15) is 51.2 Å². The van der Waals surface area contributed by atoms with E-state index < -0.39 is 29.5 Å². The minimum atomic E-state index is -0.913. The molecule has 1 aromatic heterocycles. The van der Waals surface area contributed by atoms with Crippen LogP contribution < -0.4 is 4.90 Å². The van der Waals surface area contributed by atoms with Gasteiger partial charge in [0, 0.05) is 11.3 Å². The third-order valence-electron chi connectivity index (χ3n) is 6.29. The molecule has 5 rings (SSSR count). The van der Waals surface area contributed by atoms with Crippen molar-refractivity contribution in [1.82, 2.24) is 4.98 Å². The van der Waals surface area contributed by atoms with Crippen LogP contribution >= 0.6 is 11.3 Å². The molecule has 0 saturated heterocycles. The predicted molar refractivity (Wildman–Crippen MR) is 150 cm³/mol.